The predicted molar refractivity (Wildman–Crippen MR) is 80.1 cm³/mol. The van der Waals surface area contributed by atoms with Gasteiger partial charge in [-0.1, -0.05) is 0 Å². The second-order valence-corrected chi connectivity index (χ2v) is 6.20. The summed E-state index contributed by atoms with van der Waals surface area (Å²) in [7, 11) is 0. The van der Waals surface area contributed by atoms with E-state index in [4.69, 9.17) is 0 Å². The zero-order valence-electron chi connectivity index (χ0n) is 12.8. The van der Waals surface area contributed by atoms with E-state index >= 15 is 0 Å². The van der Waals surface area contributed by atoms with Crippen molar-refractivity contribution in [2.24, 2.45) is 0 Å². The van der Waals surface area contributed by atoms with Crippen molar-refractivity contribution in [2.75, 3.05) is 0 Å². The summed E-state index contributed by atoms with van der Waals surface area (Å²) >= 11 is 2.23. The molecule has 3 rings (SSSR count). The first-order valence-corrected chi connectivity index (χ1v) is 7.74. The molecule has 0 aromatic heterocycles. The molecule has 0 fully saturated rings. The van der Waals surface area contributed by atoms with Gasteiger partial charge in [-0.25, -0.2) is 0 Å². The molecular weight excluding hydrogens is 382 g/mol. The standard InChI is InChI=1S/C19H17.3ClH.Ti/c1-19(18-14-8-9-15-18,16-10-4-2-5-11-16)17-12-6-3-7-13-17;;;;/h2-13H,14H2,1H3;3*1H;/q;;;;+3/p-3. The van der Waals surface area contributed by atoms with Crippen molar-refractivity contribution in [1.29, 1.82) is 0 Å². The van der Waals surface area contributed by atoms with E-state index in [1.807, 2.05) is 0 Å². The van der Waals surface area contributed by atoms with Crippen LogP contribution in [0, 0.1) is 0 Å². The van der Waals surface area contributed by atoms with Gasteiger partial charge in [-0.15, -0.1) is 0 Å². The Balaban J connectivity index is 0.00000161. The van der Waals surface area contributed by atoms with Crippen molar-refractivity contribution in [3.63, 3.8) is 0 Å². The van der Waals surface area contributed by atoms with Gasteiger partial charge in [-0.05, 0) is 0 Å². The Morgan fingerprint density at radius 2 is 1.22 bits per heavy atom. The number of hydrogen-bond acceptors (Lipinski definition) is 0. The fraction of sp³-hybridized carbons (Fsp3) is 0.158. The summed E-state index contributed by atoms with van der Waals surface area (Å²) < 4.78 is 1.40. The molecule has 4 heteroatoms. The van der Waals surface area contributed by atoms with Gasteiger partial charge in [0.15, 0.2) is 0 Å². The number of benzene rings is 2. The van der Waals surface area contributed by atoms with E-state index in [1.54, 1.807) is 0 Å². The Morgan fingerprint density at radius 3 is 1.57 bits per heavy atom. The summed E-state index contributed by atoms with van der Waals surface area (Å²) in [6, 6.07) is 21.7. The Labute approximate surface area is 169 Å². The Hall–Kier alpha value is -0.496. The van der Waals surface area contributed by atoms with Crippen molar-refractivity contribution < 1.29 is 57.7 Å². The van der Waals surface area contributed by atoms with Crippen LogP contribution in [0.1, 0.15) is 24.5 Å². The largest absolute Gasteiger partial charge is 1.00 e. The van der Waals surface area contributed by atoms with E-state index in [2.05, 4.69) is 100 Å². The maximum absolute atomic E-state index is 2.35. The minimum atomic E-state index is -0.0455. The van der Waals surface area contributed by atoms with Crippen LogP contribution < -0.4 is 37.2 Å². The van der Waals surface area contributed by atoms with Crippen molar-refractivity contribution in [1.82, 2.24) is 0 Å². The van der Waals surface area contributed by atoms with Gasteiger partial charge in [-0.2, -0.15) is 0 Å². The zero-order valence-corrected chi connectivity index (χ0v) is 16.6. The molecule has 2 aromatic carbocycles. The van der Waals surface area contributed by atoms with Crippen LogP contribution in [0.25, 0.3) is 0 Å². The molecule has 0 aliphatic heterocycles. The number of allylic oxidation sites excluding steroid dienone is 4. The molecule has 0 unspecified atom stereocenters. The third-order valence-corrected chi connectivity index (χ3v) is 4.97. The van der Waals surface area contributed by atoms with E-state index in [9.17, 15) is 0 Å². The van der Waals surface area contributed by atoms with Crippen LogP contribution in [0.5, 0.6) is 0 Å². The first kappa shape index (κ1) is 22.5. The van der Waals surface area contributed by atoms with Crippen molar-refractivity contribution in [3.05, 3.63) is 93.4 Å². The van der Waals surface area contributed by atoms with Crippen LogP contribution in [0.2, 0.25) is 0 Å². The molecule has 0 atom stereocenters. The van der Waals surface area contributed by atoms with Gasteiger partial charge in [-0.3, -0.25) is 0 Å². The molecule has 2 aromatic rings. The van der Waals surface area contributed by atoms with E-state index in [0.717, 1.165) is 6.42 Å². The van der Waals surface area contributed by atoms with E-state index in [0.29, 0.717) is 0 Å². The fourth-order valence-corrected chi connectivity index (χ4v) is 3.77. The van der Waals surface area contributed by atoms with Crippen molar-refractivity contribution >= 4 is 0 Å². The zero-order chi connectivity index (χ0) is 14.0. The molecule has 1 aliphatic rings. The molecule has 23 heavy (non-hydrogen) atoms. The molecule has 0 saturated heterocycles. The van der Waals surface area contributed by atoms with Gasteiger partial charge in [0.1, 0.15) is 0 Å². The van der Waals surface area contributed by atoms with Crippen LogP contribution in [0.4, 0.5) is 0 Å². The summed E-state index contributed by atoms with van der Waals surface area (Å²) in [6.07, 6.45) is 5.57. The normalized spacial score (nSPS) is 13.0. The molecule has 0 spiro atoms. The van der Waals surface area contributed by atoms with E-state index in [1.165, 1.54) is 20.6 Å². The molecule has 0 radical (unpaired) electrons. The summed E-state index contributed by atoms with van der Waals surface area (Å²) in [4.78, 5) is 0. The average Bonchev–Trinajstić information content (AvgIpc) is 2.95. The van der Waals surface area contributed by atoms with Crippen molar-refractivity contribution in [3.8, 4) is 0 Å². The second-order valence-electron chi connectivity index (χ2n) is 5.36. The van der Waals surface area contributed by atoms with Gasteiger partial charge < -0.3 is 37.2 Å². The second kappa shape index (κ2) is 9.72. The molecule has 0 saturated carbocycles. The van der Waals surface area contributed by atoms with Crippen LogP contribution in [0.15, 0.2) is 82.3 Å². The summed E-state index contributed by atoms with van der Waals surface area (Å²) in [5.41, 5.74) is 4.19. The topological polar surface area (TPSA) is 0 Å². The molecule has 0 amide bonds. The van der Waals surface area contributed by atoms with Gasteiger partial charge in [0.05, 0.1) is 0 Å². The van der Waals surface area contributed by atoms with Gasteiger partial charge in [0.25, 0.3) is 0 Å². The molecule has 0 nitrogen and oxygen atoms in total. The van der Waals surface area contributed by atoms with E-state index < -0.39 is 0 Å². The molecule has 0 heterocycles. The third kappa shape index (κ3) is 4.32. The van der Waals surface area contributed by atoms with Gasteiger partial charge >= 0.3 is 133 Å². The molecule has 0 bridgehead atoms. The monoisotopic (exact) mass is 398 g/mol. The first-order valence-electron chi connectivity index (χ1n) is 6.96. The van der Waals surface area contributed by atoms with Gasteiger partial charge in [0, 0.05) is 0 Å². The number of rotatable bonds is 3. The Bertz CT molecular complexity index is 624. The molecule has 1 aliphatic carbocycles. The average molecular weight is 400 g/mol. The Morgan fingerprint density at radius 1 is 0.783 bits per heavy atom. The SMILES string of the molecule is CC(C1=[C]([Ti+3])C=CC1)(c1ccccc1)c1ccccc1.[Cl-].[Cl-].[Cl-]. The maximum atomic E-state index is 2.35. The summed E-state index contributed by atoms with van der Waals surface area (Å²) in [5, 5.41) is 0. The quantitative estimate of drug-likeness (QED) is 0.459. The first-order chi connectivity index (χ1) is 9.73. The summed E-state index contributed by atoms with van der Waals surface area (Å²) in [6.45, 7) is 2.35. The maximum Gasteiger partial charge on any atom is -1.00 e. The number of hydrogen-bond donors (Lipinski definition) is 0. The minimum absolute atomic E-state index is 0. The van der Waals surface area contributed by atoms with Crippen molar-refractivity contribution in [2.45, 2.75) is 18.8 Å². The van der Waals surface area contributed by atoms with Crippen LogP contribution in [-0.2, 0) is 25.9 Å². The van der Waals surface area contributed by atoms with E-state index in [-0.39, 0.29) is 42.6 Å². The molecule has 0 N–H and O–H groups in total. The molecular formula is C19H17Cl3Ti. The number of halogens is 3. The Kier molecular flexibility index (Phi) is 9.51. The minimum Gasteiger partial charge on any atom is -1.00 e. The predicted octanol–water partition coefficient (Wildman–Crippen LogP) is -4.23. The van der Waals surface area contributed by atoms with Crippen LogP contribution in [0.3, 0.4) is 0 Å². The van der Waals surface area contributed by atoms with Gasteiger partial charge in [0.2, 0.25) is 0 Å². The van der Waals surface area contributed by atoms with Crippen LogP contribution in [-0.4, -0.2) is 0 Å². The van der Waals surface area contributed by atoms with Crippen LogP contribution >= 0.6 is 0 Å². The fourth-order valence-electron chi connectivity index (χ4n) is 3.04. The summed E-state index contributed by atoms with van der Waals surface area (Å²) in [5.74, 6) is 0. The smallest absolute Gasteiger partial charge is 1.00 e. The third-order valence-electron chi connectivity index (χ3n) is 4.24. The molecule has 118 valence electrons.